The Morgan fingerprint density at radius 3 is 2.56 bits per heavy atom. The highest BCUT2D eigenvalue weighted by Gasteiger charge is 2.51. The molecule has 1 N–H and O–H groups in total. The van der Waals surface area contributed by atoms with E-state index >= 15 is 0 Å². The van der Waals surface area contributed by atoms with E-state index < -0.39 is 17.0 Å². The minimum absolute atomic E-state index is 0.0571. The molecule has 1 aromatic heterocycles. The van der Waals surface area contributed by atoms with Crippen LogP contribution in [0.1, 0.15) is 32.1 Å². The maximum atomic E-state index is 13.8. The number of likely N-dealkylation sites (tertiary alicyclic amines) is 1. The first-order chi connectivity index (χ1) is 16.4. The van der Waals surface area contributed by atoms with Crippen molar-refractivity contribution in [2.24, 2.45) is 0 Å². The van der Waals surface area contributed by atoms with Crippen LogP contribution >= 0.6 is 11.6 Å². The number of carbonyl (C=O) groups excluding carboxylic acids is 1. The molecular formula is C26H24ClFN2O4. The number of piperazine rings is 1. The molecule has 8 heteroatoms. The van der Waals surface area contributed by atoms with Crippen LogP contribution in [0.5, 0.6) is 5.75 Å². The topological polar surface area (TPSA) is 71.8 Å². The third-order valence-electron chi connectivity index (χ3n) is 7.32. The second-order valence-corrected chi connectivity index (χ2v) is 9.92. The number of nitrogens with one attached hydrogen (secondary N) is 1. The summed E-state index contributed by atoms with van der Waals surface area (Å²) in [4.78, 5) is 28.8. The predicted molar refractivity (Wildman–Crippen MR) is 127 cm³/mol. The molecule has 3 heterocycles. The molecule has 1 saturated carbocycles. The van der Waals surface area contributed by atoms with Gasteiger partial charge >= 0.3 is 5.63 Å². The molecule has 6 nitrogen and oxygen atoms in total. The van der Waals surface area contributed by atoms with Gasteiger partial charge in [0.25, 0.3) is 5.91 Å². The van der Waals surface area contributed by atoms with Crippen LogP contribution in [0.25, 0.3) is 22.1 Å². The normalized spacial score (nSPS) is 23.1. The Kier molecular flexibility index (Phi) is 5.15. The molecule has 3 aromatic rings. The standard InChI is InChI=1S/C26H24ClFN2O4/c27-20-12-15(28)6-9-18(20)22-19-4-1-2-5-21(19)33-24(31)23(22)34-26(10-3-11-26)25(32)30-13-16-7-8-17(14-30)29-16/h1-2,4-6,9,12,16-17,29H,3,7-8,10-11,13-14H2. The molecule has 2 aromatic carbocycles. The lowest BCUT2D eigenvalue weighted by atomic mass is 9.78. The van der Waals surface area contributed by atoms with Crippen molar-refractivity contribution >= 4 is 28.5 Å². The zero-order valence-electron chi connectivity index (χ0n) is 18.5. The zero-order chi connectivity index (χ0) is 23.4. The van der Waals surface area contributed by atoms with Crippen LogP contribution < -0.4 is 15.7 Å². The average molecular weight is 483 g/mol. The monoisotopic (exact) mass is 482 g/mol. The average Bonchev–Trinajstić information content (AvgIpc) is 3.13. The van der Waals surface area contributed by atoms with Crippen molar-refractivity contribution in [2.75, 3.05) is 13.1 Å². The zero-order valence-corrected chi connectivity index (χ0v) is 19.2. The van der Waals surface area contributed by atoms with E-state index in [-0.39, 0.29) is 16.7 Å². The van der Waals surface area contributed by atoms with E-state index in [0.717, 1.165) is 19.3 Å². The van der Waals surface area contributed by atoms with E-state index in [1.54, 1.807) is 18.2 Å². The van der Waals surface area contributed by atoms with E-state index in [9.17, 15) is 14.0 Å². The minimum Gasteiger partial charge on any atom is -0.469 e. The largest absolute Gasteiger partial charge is 0.469 e. The fourth-order valence-corrected chi connectivity index (χ4v) is 5.75. The second kappa shape index (κ2) is 8.10. The maximum absolute atomic E-state index is 13.8. The molecule has 34 heavy (non-hydrogen) atoms. The van der Waals surface area contributed by atoms with Gasteiger partial charge in [-0.2, -0.15) is 0 Å². The molecule has 176 valence electrons. The molecule has 2 saturated heterocycles. The highest BCUT2D eigenvalue weighted by Crippen LogP contribution is 2.44. The summed E-state index contributed by atoms with van der Waals surface area (Å²) in [6.45, 7) is 1.28. The van der Waals surface area contributed by atoms with Gasteiger partial charge in [0.15, 0.2) is 5.60 Å². The fraction of sp³-hybridized carbons (Fsp3) is 0.385. The number of nitrogens with zero attached hydrogens (tertiary/aromatic N) is 1. The van der Waals surface area contributed by atoms with Gasteiger partial charge in [-0.15, -0.1) is 0 Å². The van der Waals surface area contributed by atoms with E-state index in [0.29, 0.717) is 60.1 Å². The van der Waals surface area contributed by atoms with E-state index in [1.807, 2.05) is 11.0 Å². The molecular weight excluding hydrogens is 459 g/mol. The highest BCUT2D eigenvalue weighted by atomic mass is 35.5. The molecule has 1 amide bonds. The smallest absolute Gasteiger partial charge is 0.379 e. The molecule has 2 atom stereocenters. The maximum Gasteiger partial charge on any atom is 0.379 e. The van der Waals surface area contributed by atoms with E-state index in [4.69, 9.17) is 20.8 Å². The summed E-state index contributed by atoms with van der Waals surface area (Å²) in [6, 6.07) is 11.7. The van der Waals surface area contributed by atoms with Crippen LogP contribution in [0.15, 0.2) is 51.7 Å². The quantitative estimate of drug-likeness (QED) is 0.554. The summed E-state index contributed by atoms with van der Waals surface area (Å²) in [5.41, 5.74) is -0.577. The molecule has 2 aliphatic heterocycles. The van der Waals surface area contributed by atoms with Gasteiger partial charge in [-0.25, -0.2) is 9.18 Å². The van der Waals surface area contributed by atoms with Crippen molar-refractivity contribution < 1.29 is 18.3 Å². The van der Waals surface area contributed by atoms with Crippen LogP contribution in [0.4, 0.5) is 4.39 Å². The number of para-hydroxylation sites is 1. The third-order valence-corrected chi connectivity index (χ3v) is 7.64. The Morgan fingerprint density at radius 1 is 1.15 bits per heavy atom. The minimum atomic E-state index is -1.12. The van der Waals surface area contributed by atoms with Crippen LogP contribution in [0, 0.1) is 5.82 Å². The Hall–Kier alpha value is -2.90. The number of benzene rings is 2. The van der Waals surface area contributed by atoms with Gasteiger partial charge in [0, 0.05) is 41.7 Å². The molecule has 6 rings (SSSR count). The van der Waals surface area contributed by atoms with Gasteiger partial charge in [-0.1, -0.05) is 29.8 Å². The lowest BCUT2D eigenvalue weighted by molar-refractivity contribution is -0.157. The molecule has 0 radical (unpaired) electrons. The van der Waals surface area contributed by atoms with Crippen molar-refractivity contribution in [3.63, 3.8) is 0 Å². The number of fused-ring (bicyclic) bond motifs is 3. The predicted octanol–water partition coefficient (Wildman–Crippen LogP) is 4.52. The van der Waals surface area contributed by atoms with Gasteiger partial charge in [0.2, 0.25) is 5.75 Å². The molecule has 0 spiro atoms. The summed E-state index contributed by atoms with van der Waals surface area (Å²) in [6.07, 6.45) is 3.99. The molecule has 3 fully saturated rings. The molecule has 2 bridgehead atoms. The summed E-state index contributed by atoms with van der Waals surface area (Å²) in [5, 5.41) is 4.29. The van der Waals surface area contributed by atoms with Gasteiger partial charge in [-0.05, 0) is 56.4 Å². The fourth-order valence-electron chi connectivity index (χ4n) is 5.49. The van der Waals surface area contributed by atoms with Crippen molar-refractivity contribution in [1.29, 1.82) is 0 Å². The Labute approximate surface area is 200 Å². The van der Waals surface area contributed by atoms with E-state index in [1.165, 1.54) is 18.2 Å². The Bertz CT molecular complexity index is 1340. The molecule has 1 aliphatic carbocycles. The van der Waals surface area contributed by atoms with Crippen molar-refractivity contribution in [3.05, 3.63) is 63.7 Å². The summed E-state index contributed by atoms with van der Waals surface area (Å²) < 4.78 is 25.8. The number of hydrogen-bond donors (Lipinski definition) is 1. The number of hydrogen-bond acceptors (Lipinski definition) is 5. The van der Waals surface area contributed by atoms with Crippen molar-refractivity contribution in [1.82, 2.24) is 10.2 Å². The highest BCUT2D eigenvalue weighted by molar-refractivity contribution is 6.33. The van der Waals surface area contributed by atoms with Crippen molar-refractivity contribution in [3.8, 4) is 16.9 Å². The molecule has 3 aliphatic rings. The third kappa shape index (κ3) is 3.49. The van der Waals surface area contributed by atoms with E-state index in [2.05, 4.69) is 5.32 Å². The summed E-state index contributed by atoms with van der Waals surface area (Å²) in [5.74, 6) is -0.623. The van der Waals surface area contributed by atoms with Gasteiger partial charge in [-0.3, -0.25) is 4.79 Å². The first-order valence-electron chi connectivity index (χ1n) is 11.7. The summed E-state index contributed by atoms with van der Waals surface area (Å²) >= 11 is 6.42. The lowest BCUT2D eigenvalue weighted by Crippen LogP contribution is -2.62. The van der Waals surface area contributed by atoms with Crippen LogP contribution in [0.3, 0.4) is 0 Å². The van der Waals surface area contributed by atoms with Crippen LogP contribution in [-0.4, -0.2) is 41.6 Å². The van der Waals surface area contributed by atoms with Gasteiger partial charge < -0.3 is 19.4 Å². The number of halogens is 2. The first kappa shape index (κ1) is 21.6. The number of carbonyl (C=O) groups is 1. The SMILES string of the molecule is O=C(N1CC2CCC(C1)N2)C1(Oc2c(-c3ccc(F)cc3Cl)c3ccccc3oc2=O)CCC1. The summed E-state index contributed by atoms with van der Waals surface area (Å²) in [7, 11) is 0. The second-order valence-electron chi connectivity index (χ2n) is 9.51. The molecule has 2 unspecified atom stereocenters. The van der Waals surface area contributed by atoms with Gasteiger partial charge in [0.05, 0.1) is 5.02 Å². The van der Waals surface area contributed by atoms with Crippen LogP contribution in [-0.2, 0) is 4.79 Å². The van der Waals surface area contributed by atoms with Crippen LogP contribution in [0.2, 0.25) is 5.02 Å². The van der Waals surface area contributed by atoms with Crippen molar-refractivity contribution in [2.45, 2.75) is 49.8 Å². The lowest BCUT2D eigenvalue weighted by Gasteiger charge is -2.45. The number of amides is 1. The van der Waals surface area contributed by atoms with Gasteiger partial charge in [0.1, 0.15) is 11.4 Å². The Balaban J connectivity index is 1.46. The number of rotatable bonds is 4. The Morgan fingerprint density at radius 2 is 1.88 bits per heavy atom. The first-order valence-corrected chi connectivity index (χ1v) is 12.1. The number of ether oxygens (including phenoxy) is 1.